The fourth-order valence-corrected chi connectivity index (χ4v) is 1.41. The molecule has 10 heteroatoms. The number of aliphatic hydroxyl groups excluding tert-OH is 2. The molecule has 0 saturated carbocycles. The van der Waals surface area contributed by atoms with E-state index in [0.29, 0.717) is 5.65 Å². The van der Waals surface area contributed by atoms with Gasteiger partial charge in [-0.05, 0) is 0 Å². The van der Waals surface area contributed by atoms with Gasteiger partial charge in [0.25, 0.3) is 5.56 Å². The first kappa shape index (κ1) is 15.0. The molecule has 2 aromatic rings. The van der Waals surface area contributed by atoms with Gasteiger partial charge in [-0.1, -0.05) is 0 Å². The predicted molar refractivity (Wildman–Crippen MR) is 65.2 cm³/mol. The van der Waals surface area contributed by atoms with Crippen LogP contribution in [0.5, 0.6) is 0 Å². The van der Waals surface area contributed by atoms with Gasteiger partial charge in [0.1, 0.15) is 12.8 Å². The van der Waals surface area contributed by atoms with Crippen molar-refractivity contribution in [3.8, 4) is 0 Å². The third kappa shape index (κ3) is 3.26. The van der Waals surface area contributed by atoms with E-state index >= 15 is 0 Å². The molecule has 0 saturated heterocycles. The quantitative estimate of drug-likeness (QED) is 0.455. The average molecular weight is 273 g/mol. The first-order chi connectivity index (χ1) is 8.61. The molecule has 10 nitrogen and oxygen atoms in total. The van der Waals surface area contributed by atoms with E-state index in [1.807, 2.05) is 0 Å². The Kier molecular flexibility index (Phi) is 4.94. The van der Waals surface area contributed by atoms with Gasteiger partial charge in [-0.2, -0.15) is 4.98 Å². The minimum absolute atomic E-state index is 0. The van der Waals surface area contributed by atoms with Gasteiger partial charge in [0, 0.05) is 0 Å². The van der Waals surface area contributed by atoms with Crippen molar-refractivity contribution < 1.29 is 20.4 Å². The topological polar surface area (TPSA) is 171 Å². The van der Waals surface area contributed by atoms with Crippen LogP contribution in [0.15, 0.2) is 11.1 Å². The van der Waals surface area contributed by atoms with Crippen LogP contribution in [-0.4, -0.2) is 54.5 Å². The lowest BCUT2D eigenvalue weighted by molar-refractivity contribution is -0.0163. The molecule has 0 aliphatic heterocycles. The zero-order chi connectivity index (χ0) is 13.1. The maximum atomic E-state index is 11.5. The zero-order valence-corrected chi connectivity index (χ0v) is 9.91. The van der Waals surface area contributed by atoms with E-state index in [-0.39, 0.29) is 36.9 Å². The molecule has 2 heterocycles. The van der Waals surface area contributed by atoms with Crippen molar-refractivity contribution in [3.05, 3.63) is 16.7 Å². The molecule has 0 amide bonds. The lowest BCUT2D eigenvalue weighted by Gasteiger charge is -2.08. The highest BCUT2D eigenvalue weighted by Gasteiger charge is 2.09. The van der Waals surface area contributed by atoms with E-state index in [1.54, 1.807) is 0 Å². The van der Waals surface area contributed by atoms with E-state index < -0.39 is 11.7 Å². The van der Waals surface area contributed by atoms with Gasteiger partial charge < -0.3 is 26.2 Å². The van der Waals surface area contributed by atoms with E-state index in [0.717, 1.165) is 0 Å². The van der Waals surface area contributed by atoms with Crippen molar-refractivity contribution >= 4 is 17.1 Å². The highest BCUT2D eigenvalue weighted by atomic mass is 16.5. The standard InChI is InChI=1S/C9H13N5O4.H2O/c10-9-12-7-6(8(17)13-9)11-3-14(7)4-18-2-5(16)1-15;/h3,5,15-16H,1-2,4H2,(H3,10,12,13,17);1H2/t5-;/m0./s1. The third-order valence-corrected chi connectivity index (χ3v) is 2.24. The van der Waals surface area contributed by atoms with Crippen LogP contribution in [0.25, 0.3) is 11.2 Å². The summed E-state index contributed by atoms with van der Waals surface area (Å²) in [5, 5.41) is 17.7. The van der Waals surface area contributed by atoms with Gasteiger partial charge in [0.15, 0.2) is 11.2 Å². The number of anilines is 1. The minimum Gasteiger partial charge on any atom is -0.412 e. The molecular weight excluding hydrogens is 258 g/mol. The molecule has 7 N–H and O–H groups in total. The smallest absolute Gasteiger partial charge is 0.280 e. The number of hydrogen-bond donors (Lipinski definition) is 4. The minimum atomic E-state index is -0.943. The van der Waals surface area contributed by atoms with Gasteiger partial charge in [-0.25, -0.2) is 4.98 Å². The SMILES string of the molecule is Nc1nc2c(ncn2COC[C@@H](O)CO)c(=O)[nH]1.O. The number of aromatic amines is 1. The van der Waals surface area contributed by atoms with Gasteiger partial charge in [-0.3, -0.25) is 14.3 Å². The molecule has 0 unspecified atom stereocenters. The summed E-state index contributed by atoms with van der Waals surface area (Å²) in [6, 6.07) is 0. The summed E-state index contributed by atoms with van der Waals surface area (Å²) in [6.07, 6.45) is 0.443. The molecule has 19 heavy (non-hydrogen) atoms. The molecule has 0 aliphatic carbocycles. The van der Waals surface area contributed by atoms with Crippen LogP contribution in [0.3, 0.4) is 0 Å². The number of nitrogens with two attached hydrogens (primary N) is 1. The largest absolute Gasteiger partial charge is 0.412 e. The summed E-state index contributed by atoms with van der Waals surface area (Å²) in [5.41, 5.74) is 5.47. The Morgan fingerprint density at radius 3 is 3.00 bits per heavy atom. The number of hydrogen-bond acceptors (Lipinski definition) is 7. The Labute approximate surface area is 106 Å². The summed E-state index contributed by atoms with van der Waals surface area (Å²) in [7, 11) is 0. The molecule has 0 aliphatic rings. The number of aliphatic hydroxyl groups is 2. The highest BCUT2D eigenvalue weighted by molar-refractivity contribution is 5.70. The Balaban J connectivity index is 0.00000180. The van der Waals surface area contributed by atoms with Crippen LogP contribution in [0, 0.1) is 0 Å². The summed E-state index contributed by atoms with van der Waals surface area (Å²) < 4.78 is 6.62. The number of fused-ring (bicyclic) bond motifs is 1. The molecule has 0 aromatic carbocycles. The van der Waals surface area contributed by atoms with Crippen LogP contribution in [0.4, 0.5) is 5.95 Å². The molecule has 106 valence electrons. The Bertz CT molecular complexity index is 594. The number of rotatable bonds is 5. The predicted octanol–water partition coefficient (Wildman–Crippen LogP) is -2.80. The molecule has 2 rings (SSSR count). The number of nitrogen functional groups attached to an aromatic ring is 1. The second-order valence-electron chi connectivity index (χ2n) is 3.67. The Morgan fingerprint density at radius 2 is 2.32 bits per heavy atom. The lowest BCUT2D eigenvalue weighted by atomic mass is 10.4. The summed E-state index contributed by atoms with van der Waals surface area (Å²) >= 11 is 0. The van der Waals surface area contributed by atoms with Crippen molar-refractivity contribution in [1.29, 1.82) is 0 Å². The lowest BCUT2D eigenvalue weighted by Crippen LogP contribution is -2.20. The van der Waals surface area contributed by atoms with Crippen molar-refractivity contribution in [1.82, 2.24) is 19.5 Å². The fraction of sp³-hybridized carbons (Fsp3) is 0.444. The highest BCUT2D eigenvalue weighted by Crippen LogP contribution is 2.06. The maximum absolute atomic E-state index is 11.5. The average Bonchev–Trinajstić information content (AvgIpc) is 2.72. The van der Waals surface area contributed by atoms with Crippen molar-refractivity contribution in [3.63, 3.8) is 0 Å². The maximum Gasteiger partial charge on any atom is 0.280 e. The number of nitrogens with zero attached hydrogens (tertiary/aromatic N) is 3. The first-order valence-electron chi connectivity index (χ1n) is 5.19. The number of H-pyrrole nitrogens is 1. The van der Waals surface area contributed by atoms with E-state index in [2.05, 4.69) is 15.0 Å². The summed E-state index contributed by atoms with van der Waals surface area (Å²) in [5.74, 6) is -0.00959. The fourth-order valence-electron chi connectivity index (χ4n) is 1.41. The first-order valence-corrected chi connectivity index (χ1v) is 5.19. The van der Waals surface area contributed by atoms with Crippen LogP contribution in [0.1, 0.15) is 0 Å². The molecule has 0 spiro atoms. The van der Waals surface area contributed by atoms with Crippen LogP contribution in [-0.2, 0) is 11.5 Å². The van der Waals surface area contributed by atoms with Crippen LogP contribution in [0.2, 0.25) is 0 Å². The van der Waals surface area contributed by atoms with E-state index in [1.165, 1.54) is 10.9 Å². The molecule has 0 radical (unpaired) electrons. The second-order valence-corrected chi connectivity index (χ2v) is 3.67. The van der Waals surface area contributed by atoms with Gasteiger partial charge in [-0.15, -0.1) is 0 Å². The summed E-state index contributed by atoms with van der Waals surface area (Å²) in [4.78, 5) is 21.6. The molecule has 2 aromatic heterocycles. The summed E-state index contributed by atoms with van der Waals surface area (Å²) in [6.45, 7) is -0.367. The number of ether oxygens (including phenoxy) is 1. The van der Waals surface area contributed by atoms with Crippen molar-refractivity contribution in [2.75, 3.05) is 18.9 Å². The van der Waals surface area contributed by atoms with Crippen molar-refractivity contribution in [2.45, 2.75) is 12.8 Å². The Morgan fingerprint density at radius 1 is 1.58 bits per heavy atom. The van der Waals surface area contributed by atoms with Gasteiger partial charge in [0.2, 0.25) is 5.95 Å². The van der Waals surface area contributed by atoms with Crippen molar-refractivity contribution in [2.24, 2.45) is 0 Å². The van der Waals surface area contributed by atoms with Gasteiger partial charge in [0.05, 0.1) is 19.5 Å². The zero-order valence-electron chi connectivity index (χ0n) is 9.91. The second kappa shape index (κ2) is 6.24. The number of nitrogens with one attached hydrogen (secondary N) is 1. The monoisotopic (exact) mass is 273 g/mol. The molecule has 0 fully saturated rings. The van der Waals surface area contributed by atoms with Crippen LogP contribution < -0.4 is 11.3 Å². The molecular formula is C9H15N5O5. The molecule has 1 atom stereocenters. The molecule has 0 bridgehead atoms. The van der Waals surface area contributed by atoms with E-state index in [9.17, 15) is 4.79 Å². The normalized spacial score (nSPS) is 12.3. The number of aromatic nitrogens is 4. The Hall–Kier alpha value is -2.01. The van der Waals surface area contributed by atoms with E-state index in [4.69, 9.17) is 20.7 Å². The van der Waals surface area contributed by atoms with Gasteiger partial charge >= 0.3 is 0 Å². The van der Waals surface area contributed by atoms with Crippen LogP contribution >= 0.6 is 0 Å². The third-order valence-electron chi connectivity index (χ3n) is 2.24. The number of imidazole rings is 1.